The maximum absolute atomic E-state index is 13.1. The van der Waals surface area contributed by atoms with Gasteiger partial charge in [0.1, 0.15) is 16.3 Å². The molecule has 1 N–H and O–H groups in total. The lowest BCUT2D eigenvalue weighted by atomic mass is 10.3. The van der Waals surface area contributed by atoms with Crippen LogP contribution in [-0.2, 0) is 14.8 Å². The van der Waals surface area contributed by atoms with Gasteiger partial charge in [-0.25, -0.2) is 13.4 Å². The van der Waals surface area contributed by atoms with Crippen molar-refractivity contribution in [2.75, 3.05) is 23.3 Å². The van der Waals surface area contributed by atoms with Crippen molar-refractivity contribution in [3.8, 4) is 5.75 Å². The number of rotatable bonds is 5. The fraction of sp³-hybridized carbons (Fsp3) is 0.263. The third kappa shape index (κ3) is 3.07. The van der Waals surface area contributed by atoms with Crippen LogP contribution in [0.25, 0.3) is 5.65 Å². The highest BCUT2D eigenvalue weighted by molar-refractivity contribution is 7.92. The zero-order valence-corrected chi connectivity index (χ0v) is 16.4. The van der Waals surface area contributed by atoms with Gasteiger partial charge < -0.3 is 14.0 Å². The number of nitrogens with one attached hydrogen (secondary N) is 1. The molecule has 146 valence electrons. The second-order valence-electron chi connectivity index (χ2n) is 6.58. The van der Waals surface area contributed by atoms with Gasteiger partial charge in [-0.3, -0.25) is 9.52 Å². The van der Waals surface area contributed by atoms with Crippen molar-refractivity contribution in [3.05, 3.63) is 48.4 Å². The Bertz CT molecular complexity index is 1170. The van der Waals surface area contributed by atoms with E-state index in [1.165, 1.54) is 13.2 Å². The molecule has 3 aromatic rings. The molecule has 9 heteroatoms. The van der Waals surface area contributed by atoms with Crippen molar-refractivity contribution < 1.29 is 17.9 Å². The highest BCUT2D eigenvalue weighted by atomic mass is 32.2. The second-order valence-corrected chi connectivity index (χ2v) is 8.23. The summed E-state index contributed by atoms with van der Waals surface area (Å²) in [6.45, 7) is 2.39. The lowest BCUT2D eigenvalue weighted by molar-refractivity contribution is -0.117. The average Bonchev–Trinajstić information content (AvgIpc) is 3.32. The Morgan fingerprint density at radius 2 is 2.04 bits per heavy atom. The number of amides is 1. The molecule has 28 heavy (non-hydrogen) atoms. The number of hydrogen-bond acceptors (Lipinski definition) is 5. The molecule has 0 bridgehead atoms. The highest BCUT2D eigenvalue weighted by Gasteiger charge is 2.26. The summed E-state index contributed by atoms with van der Waals surface area (Å²) in [6, 6.07) is 8.16. The number of hydrogen-bond donors (Lipinski definition) is 1. The van der Waals surface area contributed by atoms with Gasteiger partial charge in [-0.1, -0.05) is 0 Å². The summed E-state index contributed by atoms with van der Waals surface area (Å²) < 4.78 is 36.0. The quantitative estimate of drug-likeness (QED) is 0.711. The van der Waals surface area contributed by atoms with Gasteiger partial charge in [0.05, 0.1) is 12.8 Å². The Hall–Kier alpha value is -3.07. The summed E-state index contributed by atoms with van der Waals surface area (Å²) in [7, 11) is -2.53. The third-order valence-corrected chi connectivity index (χ3v) is 6.27. The Morgan fingerprint density at radius 3 is 2.75 bits per heavy atom. The molecule has 0 unspecified atom stereocenters. The molecule has 1 aromatic carbocycles. The van der Waals surface area contributed by atoms with Crippen molar-refractivity contribution >= 4 is 33.0 Å². The summed E-state index contributed by atoms with van der Waals surface area (Å²) in [5.74, 6) is 0.201. The molecule has 0 atom stereocenters. The van der Waals surface area contributed by atoms with Crippen LogP contribution in [0.1, 0.15) is 18.5 Å². The van der Waals surface area contributed by atoms with Crippen LogP contribution in [0.4, 0.5) is 11.4 Å². The minimum Gasteiger partial charge on any atom is -0.495 e. The van der Waals surface area contributed by atoms with Crippen molar-refractivity contribution in [1.82, 2.24) is 9.38 Å². The van der Waals surface area contributed by atoms with Gasteiger partial charge in [-0.05, 0) is 43.7 Å². The largest absolute Gasteiger partial charge is 0.495 e. The van der Waals surface area contributed by atoms with Crippen molar-refractivity contribution in [2.45, 2.75) is 24.7 Å². The van der Waals surface area contributed by atoms with E-state index in [9.17, 15) is 13.2 Å². The fourth-order valence-corrected chi connectivity index (χ4v) is 4.71. The minimum absolute atomic E-state index is 0.0112. The van der Waals surface area contributed by atoms with E-state index in [1.807, 2.05) is 6.92 Å². The molecular formula is C19H20N4O4S. The fourth-order valence-electron chi connectivity index (χ4n) is 3.40. The zero-order valence-electron chi connectivity index (χ0n) is 15.5. The average molecular weight is 400 g/mol. The standard InChI is InChI=1S/C19H20N4O4S/c1-13-15(6-8-18-20-9-11-22(13)18)21-28(25,26)17-12-14(5-7-16(17)27-2)23-10-3-4-19(23)24/h5-9,11-12,21H,3-4,10H2,1-2H3. The number of imidazole rings is 1. The molecule has 0 radical (unpaired) electrons. The predicted molar refractivity (Wildman–Crippen MR) is 105 cm³/mol. The number of anilines is 2. The lowest BCUT2D eigenvalue weighted by Crippen LogP contribution is -2.24. The van der Waals surface area contributed by atoms with Crippen LogP contribution in [0.15, 0.2) is 47.6 Å². The Labute approximate surface area is 162 Å². The highest BCUT2D eigenvalue weighted by Crippen LogP contribution is 2.32. The molecular weight excluding hydrogens is 380 g/mol. The first-order chi connectivity index (χ1) is 13.4. The van der Waals surface area contributed by atoms with E-state index in [-0.39, 0.29) is 16.6 Å². The van der Waals surface area contributed by atoms with Gasteiger partial charge in [-0.2, -0.15) is 0 Å². The van der Waals surface area contributed by atoms with Gasteiger partial charge in [0.2, 0.25) is 5.91 Å². The van der Waals surface area contributed by atoms with Crippen LogP contribution in [-0.4, -0.2) is 37.4 Å². The zero-order chi connectivity index (χ0) is 19.9. The summed E-state index contributed by atoms with van der Waals surface area (Å²) in [6.07, 6.45) is 4.65. The molecule has 1 aliphatic rings. The molecule has 0 aliphatic carbocycles. The molecule has 8 nitrogen and oxygen atoms in total. The maximum Gasteiger partial charge on any atom is 0.265 e. The Kier molecular flexibility index (Phi) is 4.46. The van der Waals surface area contributed by atoms with Crippen LogP contribution in [0.5, 0.6) is 5.75 Å². The third-order valence-electron chi connectivity index (χ3n) is 4.89. The van der Waals surface area contributed by atoms with Crippen LogP contribution >= 0.6 is 0 Å². The summed E-state index contributed by atoms with van der Waals surface area (Å²) in [5, 5.41) is 0. The monoisotopic (exact) mass is 400 g/mol. The molecule has 1 fully saturated rings. The van der Waals surface area contributed by atoms with Crippen molar-refractivity contribution in [3.63, 3.8) is 0 Å². The van der Waals surface area contributed by atoms with Crippen LogP contribution in [0.2, 0.25) is 0 Å². The van der Waals surface area contributed by atoms with Gasteiger partial charge in [0.25, 0.3) is 10.0 Å². The number of aromatic nitrogens is 2. The van der Waals surface area contributed by atoms with E-state index in [1.54, 1.807) is 46.0 Å². The number of methoxy groups -OCH3 is 1. The number of ether oxygens (including phenoxy) is 1. The van der Waals surface area contributed by atoms with Gasteiger partial charge in [-0.15, -0.1) is 0 Å². The first-order valence-electron chi connectivity index (χ1n) is 8.84. The number of benzene rings is 1. The van der Waals surface area contributed by atoms with E-state index in [2.05, 4.69) is 9.71 Å². The molecule has 1 saturated heterocycles. The predicted octanol–water partition coefficient (Wildman–Crippen LogP) is 2.58. The summed E-state index contributed by atoms with van der Waals surface area (Å²) >= 11 is 0. The number of aryl methyl sites for hydroxylation is 1. The summed E-state index contributed by atoms with van der Waals surface area (Å²) in [4.78, 5) is 17.8. The summed E-state index contributed by atoms with van der Waals surface area (Å²) in [5.41, 5.74) is 2.43. The van der Waals surface area contributed by atoms with E-state index >= 15 is 0 Å². The van der Waals surface area contributed by atoms with Crippen LogP contribution < -0.4 is 14.4 Å². The molecule has 0 spiro atoms. The number of nitrogens with zero attached hydrogens (tertiary/aromatic N) is 3. The molecule has 4 rings (SSSR count). The Morgan fingerprint density at radius 1 is 1.21 bits per heavy atom. The van der Waals surface area contributed by atoms with Crippen molar-refractivity contribution in [1.29, 1.82) is 0 Å². The first-order valence-corrected chi connectivity index (χ1v) is 10.3. The molecule has 0 saturated carbocycles. The van der Waals surface area contributed by atoms with Crippen LogP contribution in [0.3, 0.4) is 0 Å². The number of pyridine rings is 1. The van der Waals surface area contributed by atoms with E-state index in [0.717, 1.165) is 12.1 Å². The smallest absolute Gasteiger partial charge is 0.265 e. The van der Waals surface area contributed by atoms with Crippen LogP contribution in [0, 0.1) is 6.92 Å². The van der Waals surface area contributed by atoms with Crippen molar-refractivity contribution in [2.24, 2.45) is 0 Å². The number of fused-ring (bicyclic) bond motifs is 1. The number of sulfonamides is 1. The minimum atomic E-state index is -3.95. The number of carbonyl (C=O) groups is 1. The van der Waals surface area contributed by atoms with Gasteiger partial charge in [0, 0.05) is 36.7 Å². The molecule has 1 amide bonds. The molecule has 2 aromatic heterocycles. The topological polar surface area (TPSA) is 93.0 Å². The lowest BCUT2D eigenvalue weighted by Gasteiger charge is -2.19. The normalized spacial score (nSPS) is 14.6. The molecule has 3 heterocycles. The number of carbonyl (C=O) groups excluding carboxylic acids is 1. The Balaban J connectivity index is 1.75. The SMILES string of the molecule is COc1ccc(N2CCCC2=O)cc1S(=O)(=O)Nc1ccc2nccn2c1C. The second kappa shape index (κ2) is 6.83. The van der Waals surface area contributed by atoms with E-state index in [4.69, 9.17) is 4.74 Å². The van der Waals surface area contributed by atoms with E-state index < -0.39 is 10.0 Å². The van der Waals surface area contributed by atoms with Gasteiger partial charge >= 0.3 is 0 Å². The first kappa shape index (κ1) is 18.3. The maximum atomic E-state index is 13.1. The van der Waals surface area contributed by atoms with E-state index in [0.29, 0.717) is 30.0 Å². The van der Waals surface area contributed by atoms with Gasteiger partial charge in [0.15, 0.2) is 0 Å². The molecule has 1 aliphatic heterocycles.